The van der Waals surface area contributed by atoms with Crippen molar-refractivity contribution in [1.82, 2.24) is 0 Å². The van der Waals surface area contributed by atoms with Crippen molar-refractivity contribution in [3.05, 3.63) is 70.4 Å². The quantitative estimate of drug-likeness (QED) is 0.832. The highest BCUT2D eigenvalue weighted by atomic mass is 16.3. The van der Waals surface area contributed by atoms with Gasteiger partial charge in [-0.15, -0.1) is 0 Å². The lowest BCUT2D eigenvalue weighted by Gasteiger charge is -2.19. The number of fused-ring (bicyclic) bond motifs is 1. The Kier molecular flexibility index (Phi) is 3.97. The van der Waals surface area contributed by atoms with E-state index in [1.165, 1.54) is 6.08 Å². The monoisotopic (exact) mass is 321 g/mol. The number of Topliss-reactive ketones (excluding diaryl/α,β-unsaturated/α-hetero) is 1. The zero-order valence-electron chi connectivity index (χ0n) is 13.9. The van der Waals surface area contributed by atoms with Gasteiger partial charge in [-0.05, 0) is 36.1 Å². The number of anilines is 1. The molecule has 122 valence electrons. The van der Waals surface area contributed by atoms with E-state index in [9.17, 15) is 14.7 Å². The average molecular weight is 321 g/mol. The summed E-state index contributed by atoms with van der Waals surface area (Å²) in [6.07, 6.45) is 1.34. The SMILES string of the molecule is Cc1cc(O)c(C(C)C)cc1NC1=CC(=O)c2ccccc2C1=O. The topological polar surface area (TPSA) is 66.4 Å². The molecule has 4 nitrogen and oxygen atoms in total. The molecule has 2 aromatic carbocycles. The van der Waals surface area contributed by atoms with Gasteiger partial charge in [0.2, 0.25) is 5.78 Å². The molecule has 4 heteroatoms. The average Bonchev–Trinajstić information content (AvgIpc) is 2.54. The Labute approximate surface area is 140 Å². The second kappa shape index (κ2) is 5.96. The lowest BCUT2D eigenvalue weighted by Crippen LogP contribution is -2.21. The van der Waals surface area contributed by atoms with Gasteiger partial charge in [0, 0.05) is 22.9 Å². The molecule has 1 aliphatic carbocycles. The van der Waals surface area contributed by atoms with E-state index in [1.807, 2.05) is 26.8 Å². The van der Waals surface area contributed by atoms with Gasteiger partial charge in [0.15, 0.2) is 5.78 Å². The van der Waals surface area contributed by atoms with E-state index in [-0.39, 0.29) is 28.9 Å². The number of nitrogens with one attached hydrogen (secondary N) is 1. The third kappa shape index (κ3) is 2.71. The fourth-order valence-electron chi connectivity index (χ4n) is 2.86. The standard InChI is InChI=1S/C20H19NO3/c1-11(2)15-9-16(12(3)8-18(15)22)21-17-10-19(23)13-6-4-5-7-14(13)20(17)24/h4-11,21-22H,1-3H3. The first kappa shape index (κ1) is 16.0. The molecule has 2 aromatic rings. The molecule has 3 rings (SSSR count). The summed E-state index contributed by atoms with van der Waals surface area (Å²) < 4.78 is 0. The van der Waals surface area contributed by atoms with E-state index in [1.54, 1.807) is 30.3 Å². The molecule has 0 radical (unpaired) electrons. The minimum absolute atomic E-state index is 0.143. The number of phenolic OH excluding ortho intramolecular Hbond substituents is 1. The molecule has 0 saturated heterocycles. The predicted molar refractivity (Wildman–Crippen MR) is 93.7 cm³/mol. The molecule has 0 fully saturated rings. The highest BCUT2D eigenvalue weighted by molar-refractivity contribution is 6.25. The summed E-state index contributed by atoms with van der Waals surface area (Å²) in [4.78, 5) is 24.9. The van der Waals surface area contributed by atoms with E-state index in [0.29, 0.717) is 16.8 Å². The van der Waals surface area contributed by atoms with Gasteiger partial charge in [0.1, 0.15) is 5.75 Å². The maximum Gasteiger partial charge on any atom is 0.210 e. The summed E-state index contributed by atoms with van der Waals surface area (Å²) in [6, 6.07) is 10.3. The number of aromatic hydroxyl groups is 1. The molecule has 0 unspecified atom stereocenters. The van der Waals surface area contributed by atoms with Crippen LogP contribution in [0.2, 0.25) is 0 Å². The molecule has 0 spiro atoms. The minimum atomic E-state index is -0.205. The molecule has 0 aliphatic heterocycles. The van der Waals surface area contributed by atoms with Crippen molar-refractivity contribution in [2.75, 3.05) is 5.32 Å². The highest BCUT2D eigenvalue weighted by Gasteiger charge is 2.25. The molecule has 0 amide bonds. The third-order valence-electron chi connectivity index (χ3n) is 4.22. The zero-order chi connectivity index (χ0) is 17.4. The van der Waals surface area contributed by atoms with Crippen LogP contribution in [0.4, 0.5) is 5.69 Å². The van der Waals surface area contributed by atoms with Crippen LogP contribution in [0.3, 0.4) is 0 Å². The predicted octanol–water partition coefficient (Wildman–Crippen LogP) is 4.20. The van der Waals surface area contributed by atoms with Gasteiger partial charge in [-0.3, -0.25) is 9.59 Å². The molecule has 0 saturated carbocycles. The van der Waals surface area contributed by atoms with Crippen LogP contribution >= 0.6 is 0 Å². The summed E-state index contributed by atoms with van der Waals surface area (Å²) in [6.45, 7) is 5.81. The Morgan fingerprint density at radius 2 is 1.71 bits per heavy atom. The van der Waals surface area contributed by atoms with Gasteiger partial charge in [-0.1, -0.05) is 38.1 Å². The number of phenols is 1. The number of carbonyl (C=O) groups excluding carboxylic acids is 2. The fourth-order valence-corrected chi connectivity index (χ4v) is 2.86. The van der Waals surface area contributed by atoms with E-state index in [0.717, 1.165) is 11.1 Å². The molecule has 1 aliphatic rings. The van der Waals surface area contributed by atoms with Gasteiger partial charge in [0.05, 0.1) is 5.70 Å². The maximum atomic E-state index is 12.6. The van der Waals surface area contributed by atoms with Crippen LogP contribution in [-0.2, 0) is 0 Å². The summed E-state index contributed by atoms with van der Waals surface area (Å²) in [5.74, 6) is -0.0139. The number of rotatable bonds is 3. The Morgan fingerprint density at radius 1 is 1.04 bits per heavy atom. The van der Waals surface area contributed by atoms with E-state index in [4.69, 9.17) is 0 Å². The largest absolute Gasteiger partial charge is 0.508 e. The van der Waals surface area contributed by atoms with Crippen molar-refractivity contribution >= 4 is 17.3 Å². The van der Waals surface area contributed by atoms with Crippen LogP contribution in [0.15, 0.2) is 48.2 Å². The number of benzene rings is 2. The Balaban J connectivity index is 2.00. The van der Waals surface area contributed by atoms with Gasteiger partial charge in [-0.2, -0.15) is 0 Å². The van der Waals surface area contributed by atoms with Crippen molar-refractivity contribution in [2.24, 2.45) is 0 Å². The van der Waals surface area contributed by atoms with Crippen molar-refractivity contribution < 1.29 is 14.7 Å². The van der Waals surface area contributed by atoms with Crippen LogP contribution in [0.1, 0.15) is 51.6 Å². The normalized spacial score (nSPS) is 13.8. The number of allylic oxidation sites excluding steroid dienone is 2. The number of hydrogen-bond acceptors (Lipinski definition) is 4. The van der Waals surface area contributed by atoms with Crippen LogP contribution in [0.25, 0.3) is 0 Å². The van der Waals surface area contributed by atoms with Crippen LogP contribution in [0, 0.1) is 6.92 Å². The van der Waals surface area contributed by atoms with E-state index in [2.05, 4.69) is 5.32 Å². The highest BCUT2D eigenvalue weighted by Crippen LogP contribution is 2.32. The first-order chi connectivity index (χ1) is 11.4. The molecule has 0 aromatic heterocycles. The van der Waals surface area contributed by atoms with Crippen molar-refractivity contribution in [2.45, 2.75) is 26.7 Å². The number of aryl methyl sites for hydroxylation is 1. The van der Waals surface area contributed by atoms with Gasteiger partial charge >= 0.3 is 0 Å². The molecular formula is C20H19NO3. The lowest BCUT2D eigenvalue weighted by molar-refractivity contribution is 0.0985. The maximum absolute atomic E-state index is 12.6. The van der Waals surface area contributed by atoms with Gasteiger partial charge in [0.25, 0.3) is 0 Å². The smallest absolute Gasteiger partial charge is 0.210 e. The zero-order valence-corrected chi connectivity index (χ0v) is 13.9. The molecular weight excluding hydrogens is 302 g/mol. The lowest BCUT2D eigenvalue weighted by atomic mass is 9.92. The van der Waals surface area contributed by atoms with Crippen LogP contribution in [-0.4, -0.2) is 16.7 Å². The van der Waals surface area contributed by atoms with Crippen molar-refractivity contribution in [1.29, 1.82) is 0 Å². The number of hydrogen-bond donors (Lipinski definition) is 2. The van der Waals surface area contributed by atoms with Crippen LogP contribution < -0.4 is 5.32 Å². The number of ketones is 2. The fraction of sp³-hybridized carbons (Fsp3) is 0.200. The summed E-state index contributed by atoms with van der Waals surface area (Å²) >= 11 is 0. The Bertz CT molecular complexity index is 878. The second-order valence-electron chi connectivity index (χ2n) is 6.30. The van der Waals surface area contributed by atoms with Crippen molar-refractivity contribution in [3.8, 4) is 5.75 Å². The van der Waals surface area contributed by atoms with Gasteiger partial charge < -0.3 is 10.4 Å². The van der Waals surface area contributed by atoms with E-state index < -0.39 is 0 Å². The summed E-state index contributed by atoms with van der Waals surface area (Å²) in [5.41, 5.74) is 3.40. The Hall–Kier alpha value is -2.88. The van der Waals surface area contributed by atoms with Crippen LogP contribution in [0.5, 0.6) is 5.75 Å². The molecule has 0 atom stereocenters. The molecule has 0 heterocycles. The number of carbonyl (C=O) groups is 2. The molecule has 0 bridgehead atoms. The summed E-state index contributed by atoms with van der Waals surface area (Å²) in [5, 5.41) is 13.1. The minimum Gasteiger partial charge on any atom is -0.508 e. The second-order valence-corrected chi connectivity index (χ2v) is 6.30. The first-order valence-corrected chi connectivity index (χ1v) is 7.88. The summed E-state index contributed by atoms with van der Waals surface area (Å²) in [7, 11) is 0. The van der Waals surface area contributed by atoms with Gasteiger partial charge in [-0.25, -0.2) is 0 Å². The first-order valence-electron chi connectivity index (χ1n) is 7.88. The Morgan fingerprint density at radius 3 is 2.38 bits per heavy atom. The van der Waals surface area contributed by atoms with Crippen molar-refractivity contribution in [3.63, 3.8) is 0 Å². The molecule has 24 heavy (non-hydrogen) atoms. The van der Waals surface area contributed by atoms with E-state index >= 15 is 0 Å². The third-order valence-corrected chi connectivity index (χ3v) is 4.22. The molecule has 2 N–H and O–H groups in total.